The summed E-state index contributed by atoms with van der Waals surface area (Å²) in [5.74, 6) is 0.719. The van der Waals surface area contributed by atoms with Crippen molar-refractivity contribution < 1.29 is 14.2 Å². The Hall–Kier alpha value is -2.70. The standard InChI is InChI=1S/C19H19N3O3/c1-2-5-17(6-3-1)25-18-9-7-16(8-10-18)19(23-11-4-12-24-19)13-22-15-20-14-21-22/h1-3,5-10,14-15H,4,11-13H2. The first-order chi connectivity index (χ1) is 12.3. The van der Waals surface area contributed by atoms with Gasteiger partial charge in [-0.2, -0.15) is 5.10 Å². The summed E-state index contributed by atoms with van der Waals surface area (Å²) in [6.07, 6.45) is 4.05. The van der Waals surface area contributed by atoms with Gasteiger partial charge in [0.1, 0.15) is 30.7 Å². The van der Waals surface area contributed by atoms with Crippen LogP contribution in [0.25, 0.3) is 0 Å². The van der Waals surface area contributed by atoms with E-state index in [-0.39, 0.29) is 0 Å². The fourth-order valence-electron chi connectivity index (χ4n) is 2.85. The van der Waals surface area contributed by atoms with Crippen LogP contribution in [0.4, 0.5) is 0 Å². The van der Waals surface area contributed by atoms with Gasteiger partial charge in [0.25, 0.3) is 0 Å². The molecular weight excluding hydrogens is 318 g/mol. The van der Waals surface area contributed by atoms with E-state index >= 15 is 0 Å². The summed E-state index contributed by atoms with van der Waals surface area (Å²) in [7, 11) is 0. The zero-order valence-electron chi connectivity index (χ0n) is 13.7. The van der Waals surface area contributed by atoms with E-state index < -0.39 is 5.79 Å². The fraction of sp³-hybridized carbons (Fsp3) is 0.263. The van der Waals surface area contributed by atoms with E-state index in [1.807, 2.05) is 54.6 Å². The molecule has 0 spiro atoms. The molecule has 128 valence electrons. The highest BCUT2D eigenvalue weighted by molar-refractivity contribution is 5.34. The monoisotopic (exact) mass is 337 g/mol. The van der Waals surface area contributed by atoms with Crippen LogP contribution in [0.3, 0.4) is 0 Å². The molecule has 2 aromatic carbocycles. The first-order valence-corrected chi connectivity index (χ1v) is 8.28. The highest BCUT2D eigenvalue weighted by Gasteiger charge is 2.37. The van der Waals surface area contributed by atoms with Gasteiger partial charge in [-0.15, -0.1) is 0 Å². The van der Waals surface area contributed by atoms with E-state index in [0.29, 0.717) is 19.8 Å². The molecule has 6 heteroatoms. The Morgan fingerprint density at radius 1 is 0.960 bits per heavy atom. The van der Waals surface area contributed by atoms with Crippen molar-refractivity contribution in [3.63, 3.8) is 0 Å². The van der Waals surface area contributed by atoms with E-state index in [0.717, 1.165) is 23.5 Å². The Balaban J connectivity index is 1.57. The lowest BCUT2D eigenvalue weighted by Gasteiger charge is -2.37. The van der Waals surface area contributed by atoms with E-state index in [4.69, 9.17) is 14.2 Å². The number of para-hydroxylation sites is 1. The Labute approximate surface area is 146 Å². The van der Waals surface area contributed by atoms with Crippen molar-refractivity contribution in [1.82, 2.24) is 14.8 Å². The van der Waals surface area contributed by atoms with Crippen molar-refractivity contribution in [2.24, 2.45) is 0 Å². The lowest BCUT2D eigenvalue weighted by molar-refractivity contribution is -0.284. The van der Waals surface area contributed by atoms with Crippen LogP contribution in [0.2, 0.25) is 0 Å². The van der Waals surface area contributed by atoms with Crippen molar-refractivity contribution in [1.29, 1.82) is 0 Å². The molecule has 1 aliphatic heterocycles. The lowest BCUT2D eigenvalue weighted by Crippen LogP contribution is -2.41. The molecule has 0 saturated carbocycles. The van der Waals surface area contributed by atoms with Crippen molar-refractivity contribution in [3.05, 3.63) is 72.8 Å². The van der Waals surface area contributed by atoms with E-state index in [1.54, 1.807) is 11.0 Å². The molecule has 1 aliphatic rings. The molecule has 0 N–H and O–H groups in total. The lowest BCUT2D eigenvalue weighted by atomic mass is 10.0. The van der Waals surface area contributed by atoms with Crippen LogP contribution in [0, 0.1) is 0 Å². The normalized spacial score (nSPS) is 16.5. The van der Waals surface area contributed by atoms with Crippen molar-refractivity contribution in [3.8, 4) is 11.5 Å². The summed E-state index contributed by atoms with van der Waals surface area (Å²) < 4.78 is 19.6. The summed E-state index contributed by atoms with van der Waals surface area (Å²) >= 11 is 0. The van der Waals surface area contributed by atoms with Crippen LogP contribution in [0.1, 0.15) is 12.0 Å². The number of hydrogen-bond acceptors (Lipinski definition) is 5. The number of rotatable bonds is 5. The van der Waals surface area contributed by atoms with Gasteiger partial charge in [-0.25, -0.2) is 9.67 Å². The Bertz CT molecular complexity index is 783. The van der Waals surface area contributed by atoms with Crippen LogP contribution in [0.15, 0.2) is 67.3 Å². The average Bonchev–Trinajstić information content (AvgIpc) is 3.17. The molecule has 1 saturated heterocycles. The molecule has 0 atom stereocenters. The van der Waals surface area contributed by atoms with Gasteiger partial charge in [0.2, 0.25) is 5.79 Å². The van der Waals surface area contributed by atoms with E-state index in [1.165, 1.54) is 6.33 Å². The second-order valence-electron chi connectivity index (χ2n) is 5.84. The first kappa shape index (κ1) is 15.8. The fourth-order valence-corrected chi connectivity index (χ4v) is 2.85. The Morgan fingerprint density at radius 3 is 2.36 bits per heavy atom. The third-order valence-corrected chi connectivity index (χ3v) is 4.07. The van der Waals surface area contributed by atoms with Gasteiger partial charge in [-0.3, -0.25) is 0 Å². The maximum absolute atomic E-state index is 6.03. The molecule has 1 fully saturated rings. The van der Waals surface area contributed by atoms with Crippen LogP contribution >= 0.6 is 0 Å². The van der Waals surface area contributed by atoms with Gasteiger partial charge in [0.05, 0.1) is 13.2 Å². The first-order valence-electron chi connectivity index (χ1n) is 8.28. The zero-order chi connectivity index (χ0) is 17.0. The second-order valence-corrected chi connectivity index (χ2v) is 5.84. The summed E-state index contributed by atoms with van der Waals surface area (Å²) in [6, 6.07) is 17.5. The van der Waals surface area contributed by atoms with Crippen LogP contribution in [-0.4, -0.2) is 28.0 Å². The molecule has 1 aromatic heterocycles. The van der Waals surface area contributed by atoms with Crippen molar-refractivity contribution in [2.45, 2.75) is 18.8 Å². The van der Waals surface area contributed by atoms with Gasteiger partial charge >= 0.3 is 0 Å². The maximum atomic E-state index is 6.03. The van der Waals surface area contributed by atoms with Crippen molar-refractivity contribution in [2.75, 3.05) is 13.2 Å². The molecule has 3 aromatic rings. The predicted molar refractivity (Wildman–Crippen MR) is 91.2 cm³/mol. The van der Waals surface area contributed by atoms with Crippen LogP contribution in [0.5, 0.6) is 11.5 Å². The molecule has 4 rings (SSSR count). The number of hydrogen-bond donors (Lipinski definition) is 0. The van der Waals surface area contributed by atoms with Gasteiger partial charge in [0, 0.05) is 5.56 Å². The predicted octanol–water partition coefficient (Wildman–Crippen LogP) is 3.36. The minimum absolute atomic E-state index is 0.450. The molecule has 0 amide bonds. The number of aromatic nitrogens is 3. The molecule has 0 radical (unpaired) electrons. The highest BCUT2D eigenvalue weighted by atomic mass is 16.7. The SMILES string of the molecule is c1ccc(Oc2ccc(C3(Cn4cncn4)OCCCO3)cc2)cc1. The van der Waals surface area contributed by atoms with Gasteiger partial charge < -0.3 is 14.2 Å². The van der Waals surface area contributed by atoms with Crippen LogP contribution < -0.4 is 4.74 Å². The summed E-state index contributed by atoms with van der Waals surface area (Å²) in [5, 5.41) is 4.18. The quantitative estimate of drug-likeness (QED) is 0.714. The molecule has 0 bridgehead atoms. The minimum Gasteiger partial charge on any atom is -0.457 e. The third kappa shape index (κ3) is 3.55. The largest absolute Gasteiger partial charge is 0.457 e. The minimum atomic E-state index is -0.850. The Morgan fingerprint density at radius 2 is 1.68 bits per heavy atom. The number of benzene rings is 2. The summed E-state index contributed by atoms with van der Waals surface area (Å²) in [5.41, 5.74) is 0.933. The third-order valence-electron chi connectivity index (χ3n) is 4.07. The number of nitrogens with zero attached hydrogens (tertiary/aromatic N) is 3. The number of ether oxygens (including phenoxy) is 3. The molecule has 6 nitrogen and oxygen atoms in total. The average molecular weight is 337 g/mol. The molecule has 2 heterocycles. The summed E-state index contributed by atoms with van der Waals surface area (Å²) in [6.45, 7) is 1.75. The van der Waals surface area contributed by atoms with E-state index in [2.05, 4.69) is 10.1 Å². The van der Waals surface area contributed by atoms with Crippen LogP contribution in [-0.2, 0) is 21.8 Å². The topological polar surface area (TPSA) is 58.4 Å². The smallest absolute Gasteiger partial charge is 0.215 e. The molecule has 0 unspecified atom stereocenters. The highest BCUT2D eigenvalue weighted by Crippen LogP contribution is 2.34. The van der Waals surface area contributed by atoms with Gasteiger partial charge in [-0.1, -0.05) is 18.2 Å². The van der Waals surface area contributed by atoms with Gasteiger partial charge in [-0.05, 0) is 42.8 Å². The summed E-state index contributed by atoms with van der Waals surface area (Å²) in [4.78, 5) is 3.99. The second kappa shape index (κ2) is 7.04. The van der Waals surface area contributed by atoms with Crippen molar-refractivity contribution >= 4 is 0 Å². The molecule has 0 aliphatic carbocycles. The Kier molecular flexibility index (Phi) is 4.45. The van der Waals surface area contributed by atoms with E-state index in [9.17, 15) is 0 Å². The molecule has 25 heavy (non-hydrogen) atoms. The van der Waals surface area contributed by atoms with Gasteiger partial charge in [0.15, 0.2) is 0 Å². The zero-order valence-corrected chi connectivity index (χ0v) is 13.7. The maximum Gasteiger partial charge on any atom is 0.215 e. The molecular formula is C19H19N3O3.